The molecule has 108 valence electrons. The van der Waals surface area contributed by atoms with Gasteiger partial charge in [-0.3, -0.25) is 0 Å². The van der Waals surface area contributed by atoms with Crippen molar-refractivity contribution in [2.45, 2.75) is 19.4 Å². The van der Waals surface area contributed by atoms with E-state index in [9.17, 15) is 15.0 Å². The molecular formula is C17H17NO3. The van der Waals surface area contributed by atoms with E-state index in [0.717, 1.165) is 42.7 Å². The van der Waals surface area contributed by atoms with Crippen LogP contribution in [0.5, 0.6) is 5.75 Å². The number of carboxylic acid groups (broad SMARTS) is 1. The molecule has 1 heterocycles. The molecule has 0 bridgehead atoms. The molecule has 2 aromatic rings. The number of rotatable bonds is 3. The van der Waals surface area contributed by atoms with E-state index in [1.54, 1.807) is 24.3 Å². The van der Waals surface area contributed by atoms with Crippen molar-refractivity contribution < 1.29 is 15.0 Å². The second-order valence-electron chi connectivity index (χ2n) is 5.30. The van der Waals surface area contributed by atoms with Crippen molar-refractivity contribution >= 4 is 11.7 Å². The summed E-state index contributed by atoms with van der Waals surface area (Å²) < 4.78 is 0. The van der Waals surface area contributed by atoms with Crippen molar-refractivity contribution in [2.24, 2.45) is 0 Å². The Bertz CT molecular complexity index is 664. The normalized spacial score (nSPS) is 13.8. The summed E-state index contributed by atoms with van der Waals surface area (Å²) in [6.07, 6.45) is 1.76. The van der Waals surface area contributed by atoms with Crippen LogP contribution in [0, 0.1) is 0 Å². The summed E-state index contributed by atoms with van der Waals surface area (Å²) in [5.74, 6) is -0.607. The van der Waals surface area contributed by atoms with Gasteiger partial charge in [0.15, 0.2) is 0 Å². The van der Waals surface area contributed by atoms with Crippen LogP contribution in [-0.4, -0.2) is 22.7 Å². The first-order valence-electron chi connectivity index (χ1n) is 7.03. The van der Waals surface area contributed by atoms with Crippen molar-refractivity contribution in [3.63, 3.8) is 0 Å². The lowest BCUT2D eigenvalue weighted by Crippen LogP contribution is -2.29. The van der Waals surface area contributed by atoms with E-state index in [2.05, 4.69) is 4.90 Å². The van der Waals surface area contributed by atoms with E-state index in [4.69, 9.17) is 0 Å². The monoisotopic (exact) mass is 283 g/mol. The van der Waals surface area contributed by atoms with Crippen LogP contribution in [0.4, 0.5) is 5.69 Å². The van der Waals surface area contributed by atoms with Crippen LogP contribution in [-0.2, 0) is 13.0 Å². The smallest absolute Gasteiger partial charge is 0.336 e. The van der Waals surface area contributed by atoms with Crippen LogP contribution in [0.2, 0.25) is 0 Å². The van der Waals surface area contributed by atoms with Crippen molar-refractivity contribution in [1.29, 1.82) is 0 Å². The molecule has 2 aromatic carbocycles. The van der Waals surface area contributed by atoms with E-state index < -0.39 is 5.97 Å². The van der Waals surface area contributed by atoms with E-state index in [1.807, 2.05) is 18.2 Å². The van der Waals surface area contributed by atoms with Gasteiger partial charge in [0.1, 0.15) is 5.75 Å². The molecule has 3 rings (SSSR count). The van der Waals surface area contributed by atoms with Crippen LogP contribution < -0.4 is 4.90 Å². The van der Waals surface area contributed by atoms with Gasteiger partial charge >= 0.3 is 5.97 Å². The van der Waals surface area contributed by atoms with Crippen LogP contribution in [0.3, 0.4) is 0 Å². The largest absolute Gasteiger partial charge is 0.508 e. The molecular weight excluding hydrogens is 266 g/mol. The highest BCUT2D eigenvalue weighted by Crippen LogP contribution is 2.31. The van der Waals surface area contributed by atoms with Crippen LogP contribution in [0.25, 0.3) is 0 Å². The first-order valence-corrected chi connectivity index (χ1v) is 7.03. The summed E-state index contributed by atoms with van der Waals surface area (Å²) in [5, 5.41) is 18.6. The number of carbonyl (C=O) groups is 1. The Morgan fingerprint density at radius 3 is 2.62 bits per heavy atom. The summed E-state index contributed by atoms with van der Waals surface area (Å²) in [4.78, 5) is 13.5. The maximum absolute atomic E-state index is 11.3. The number of carboxylic acids is 1. The fourth-order valence-corrected chi connectivity index (χ4v) is 2.89. The topological polar surface area (TPSA) is 60.8 Å². The average Bonchev–Trinajstić information content (AvgIpc) is 2.49. The fraction of sp³-hybridized carbons (Fsp3) is 0.235. The lowest BCUT2D eigenvalue weighted by atomic mass is 9.96. The number of fused-ring (bicyclic) bond motifs is 1. The first-order chi connectivity index (χ1) is 10.1. The van der Waals surface area contributed by atoms with Gasteiger partial charge in [-0.05, 0) is 48.2 Å². The summed E-state index contributed by atoms with van der Waals surface area (Å²) in [6.45, 7) is 1.63. The molecule has 0 amide bonds. The summed E-state index contributed by atoms with van der Waals surface area (Å²) in [5.41, 5.74) is 3.44. The molecule has 0 unspecified atom stereocenters. The SMILES string of the molecule is O=C(O)c1cccc2c1CCCN2Cc1ccc(O)cc1. The molecule has 0 spiro atoms. The standard InChI is InChI=1S/C17H17NO3/c19-13-8-6-12(7-9-13)11-18-10-2-4-14-15(17(20)21)3-1-5-16(14)18/h1,3,5-9,19H,2,4,10-11H2,(H,20,21). The Morgan fingerprint density at radius 1 is 1.14 bits per heavy atom. The van der Waals surface area contributed by atoms with E-state index in [-0.39, 0.29) is 5.75 Å². The second kappa shape index (κ2) is 5.48. The molecule has 0 fully saturated rings. The summed E-state index contributed by atoms with van der Waals surface area (Å²) >= 11 is 0. The van der Waals surface area contributed by atoms with E-state index >= 15 is 0 Å². The van der Waals surface area contributed by atoms with Gasteiger partial charge in [-0.25, -0.2) is 4.79 Å². The third-order valence-corrected chi connectivity index (χ3v) is 3.89. The number of benzene rings is 2. The Labute approximate surface area is 123 Å². The lowest BCUT2D eigenvalue weighted by molar-refractivity contribution is 0.0695. The van der Waals surface area contributed by atoms with Gasteiger partial charge < -0.3 is 15.1 Å². The zero-order valence-electron chi connectivity index (χ0n) is 11.6. The van der Waals surface area contributed by atoms with Gasteiger partial charge in [-0.15, -0.1) is 0 Å². The summed E-state index contributed by atoms with van der Waals surface area (Å²) in [7, 11) is 0. The number of hydrogen-bond acceptors (Lipinski definition) is 3. The molecule has 0 atom stereocenters. The number of hydrogen-bond donors (Lipinski definition) is 2. The van der Waals surface area contributed by atoms with Crippen LogP contribution in [0.1, 0.15) is 27.9 Å². The van der Waals surface area contributed by atoms with Crippen molar-refractivity contribution in [3.8, 4) is 5.75 Å². The third kappa shape index (κ3) is 2.70. The highest BCUT2D eigenvalue weighted by Gasteiger charge is 2.21. The van der Waals surface area contributed by atoms with Crippen molar-refractivity contribution in [2.75, 3.05) is 11.4 Å². The third-order valence-electron chi connectivity index (χ3n) is 3.89. The molecule has 1 aliphatic heterocycles. The van der Waals surface area contributed by atoms with Crippen molar-refractivity contribution in [1.82, 2.24) is 0 Å². The molecule has 2 N–H and O–H groups in total. The average molecular weight is 283 g/mol. The number of aromatic carboxylic acids is 1. The minimum Gasteiger partial charge on any atom is -0.508 e. The fourth-order valence-electron chi connectivity index (χ4n) is 2.89. The number of aromatic hydroxyl groups is 1. The van der Waals surface area contributed by atoms with Gasteiger partial charge in [0.05, 0.1) is 5.56 Å². The van der Waals surface area contributed by atoms with Gasteiger partial charge in [0.2, 0.25) is 0 Å². The summed E-state index contributed by atoms with van der Waals surface area (Å²) in [6, 6.07) is 12.6. The number of phenolic OH excluding ortho intramolecular Hbond substituents is 1. The molecule has 21 heavy (non-hydrogen) atoms. The Hall–Kier alpha value is -2.49. The minimum atomic E-state index is -0.863. The van der Waals surface area contributed by atoms with Gasteiger partial charge in [-0.2, -0.15) is 0 Å². The number of nitrogens with zero attached hydrogens (tertiary/aromatic N) is 1. The van der Waals surface area contributed by atoms with Gasteiger partial charge in [0, 0.05) is 18.8 Å². The molecule has 0 aromatic heterocycles. The maximum Gasteiger partial charge on any atom is 0.336 e. The van der Waals surface area contributed by atoms with E-state index in [0.29, 0.717) is 5.56 Å². The van der Waals surface area contributed by atoms with Gasteiger partial charge in [-0.1, -0.05) is 18.2 Å². The predicted octanol–water partition coefficient (Wildman–Crippen LogP) is 3.04. The zero-order chi connectivity index (χ0) is 14.8. The zero-order valence-corrected chi connectivity index (χ0v) is 11.6. The molecule has 1 aliphatic rings. The van der Waals surface area contributed by atoms with Crippen molar-refractivity contribution in [3.05, 3.63) is 59.2 Å². The minimum absolute atomic E-state index is 0.256. The van der Waals surface area contributed by atoms with Gasteiger partial charge in [0.25, 0.3) is 0 Å². The van der Waals surface area contributed by atoms with Crippen LogP contribution >= 0.6 is 0 Å². The Kier molecular flexibility index (Phi) is 3.52. The number of phenols is 1. The predicted molar refractivity (Wildman–Crippen MR) is 80.9 cm³/mol. The Balaban J connectivity index is 1.92. The maximum atomic E-state index is 11.3. The van der Waals surface area contributed by atoms with Crippen LogP contribution in [0.15, 0.2) is 42.5 Å². The molecule has 0 radical (unpaired) electrons. The number of anilines is 1. The lowest BCUT2D eigenvalue weighted by Gasteiger charge is -2.32. The molecule has 0 aliphatic carbocycles. The molecule has 0 saturated carbocycles. The second-order valence-corrected chi connectivity index (χ2v) is 5.30. The highest BCUT2D eigenvalue weighted by molar-refractivity contribution is 5.91. The molecule has 0 saturated heterocycles. The molecule has 4 nitrogen and oxygen atoms in total. The molecule has 4 heteroatoms. The highest BCUT2D eigenvalue weighted by atomic mass is 16.4. The van der Waals surface area contributed by atoms with E-state index in [1.165, 1.54) is 0 Å². The Morgan fingerprint density at radius 2 is 1.90 bits per heavy atom. The first kappa shape index (κ1) is 13.5. The quantitative estimate of drug-likeness (QED) is 0.909.